The molecule has 1 amide bonds. The van der Waals surface area contributed by atoms with E-state index in [4.69, 9.17) is 4.74 Å². The number of thioether (sulfide) groups is 1. The van der Waals surface area contributed by atoms with Crippen molar-refractivity contribution < 1.29 is 9.53 Å². The zero-order valence-corrected chi connectivity index (χ0v) is 20.6. The summed E-state index contributed by atoms with van der Waals surface area (Å²) in [5.74, 6) is 2.14. The van der Waals surface area contributed by atoms with E-state index in [1.165, 1.54) is 36.6 Å². The molecule has 7 nitrogen and oxygen atoms in total. The first-order chi connectivity index (χ1) is 16.7. The number of benzene rings is 2. The van der Waals surface area contributed by atoms with Crippen molar-refractivity contribution in [2.45, 2.75) is 43.8 Å². The summed E-state index contributed by atoms with van der Waals surface area (Å²) in [4.78, 5) is 17.5. The van der Waals surface area contributed by atoms with Gasteiger partial charge in [0.1, 0.15) is 5.75 Å². The highest BCUT2D eigenvalue weighted by Gasteiger charge is 2.28. The maximum absolute atomic E-state index is 13.1. The summed E-state index contributed by atoms with van der Waals surface area (Å²) < 4.78 is 7.46. The summed E-state index contributed by atoms with van der Waals surface area (Å²) in [7, 11) is 1.67. The number of carbonyl (C=O) groups excluding carboxylic acids is 1. The first-order valence-corrected chi connectivity index (χ1v) is 13.0. The number of amides is 1. The van der Waals surface area contributed by atoms with Crippen molar-refractivity contribution in [2.24, 2.45) is 0 Å². The van der Waals surface area contributed by atoms with E-state index < -0.39 is 0 Å². The quantitative estimate of drug-likeness (QED) is 0.467. The second-order valence-corrected chi connectivity index (χ2v) is 9.80. The average Bonchev–Trinajstić information content (AvgIpc) is 3.52. The van der Waals surface area contributed by atoms with Gasteiger partial charge in [0.25, 0.3) is 0 Å². The Bertz CT molecular complexity index is 1140. The lowest BCUT2D eigenvalue weighted by atomic mass is 10.1. The zero-order chi connectivity index (χ0) is 23.5. The molecule has 0 aliphatic carbocycles. The third kappa shape index (κ3) is 4.57. The number of nitrogens with zero attached hydrogens (tertiary/aromatic N) is 5. The highest BCUT2D eigenvalue weighted by Crippen LogP contribution is 2.32. The highest BCUT2D eigenvalue weighted by atomic mass is 32.2. The molecule has 0 unspecified atom stereocenters. The number of carbonyl (C=O) groups is 1. The second-order valence-electron chi connectivity index (χ2n) is 8.86. The fourth-order valence-corrected chi connectivity index (χ4v) is 5.72. The first-order valence-electron chi connectivity index (χ1n) is 12.0. The Balaban J connectivity index is 1.40. The van der Waals surface area contributed by atoms with Gasteiger partial charge in [0.15, 0.2) is 11.0 Å². The van der Waals surface area contributed by atoms with Gasteiger partial charge in [0.05, 0.1) is 18.9 Å². The molecule has 178 valence electrons. The fourth-order valence-electron chi connectivity index (χ4n) is 4.89. The number of methoxy groups -OCH3 is 1. The van der Waals surface area contributed by atoms with Crippen molar-refractivity contribution in [3.8, 4) is 11.4 Å². The molecule has 8 heteroatoms. The van der Waals surface area contributed by atoms with Crippen molar-refractivity contribution >= 4 is 23.4 Å². The molecule has 1 aromatic heterocycles. The van der Waals surface area contributed by atoms with Crippen LogP contribution in [0.2, 0.25) is 0 Å². The van der Waals surface area contributed by atoms with Crippen molar-refractivity contribution in [2.75, 3.05) is 37.4 Å². The van der Waals surface area contributed by atoms with Crippen LogP contribution in [-0.2, 0) is 11.2 Å². The van der Waals surface area contributed by atoms with E-state index in [-0.39, 0.29) is 11.9 Å². The van der Waals surface area contributed by atoms with E-state index in [1.807, 2.05) is 47.4 Å². The summed E-state index contributed by atoms with van der Waals surface area (Å²) >= 11 is 1.45. The van der Waals surface area contributed by atoms with Crippen LogP contribution in [0.3, 0.4) is 0 Å². The van der Waals surface area contributed by atoms with Gasteiger partial charge in [-0.05, 0) is 75.2 Å². The van der Waals surface area contributed by atoms with E-state index in [0.717, 1.165) is 54.2 Å². The molecule has 1 fully saturated rings. The number of rotatable bonds is 7. The number of aromatic nitrogens is 3. The topological polar surface area (TPSA) is 63.5 Å². The molecule has 34 heavy (non-hydrogen) atoms. The van der Waals surface area contributed by atoms with Crippen LogP contribution in [0.1, 0.15) is 43.6 Å². The first kappa shape index (κ1) is 22.9. The highest BCUT2D eigenvalue weighted by molar-refractivity contribution is 7.99. The summed E-state index contributed by atoms with van der Waals surface area (Å²) in [6.45, 7) is 5.09. The molecular formula is C26H31N5O2S. The van der Waals surface area contributed by atoms with Crippen LogP contribution in [-0.4, -0.2) is 58.1 Å². The third-order valence-electron chi connectivity index (χ3n) is 6.81. The largest absolute Gasteiger partial charge is 0.497 e. The number of hydrogen-bond donors (Lipinski definition) is 0. The number of anilines is 1. The van der Waals surface area contributed by atoms with E-state index in [9.17, 15) is 4.79 Å². The predicted octanol–water partition coefficient (Wildman–Crippen LogP) is 4.50. The number of para-hydroxylation sites is 1. The van der Waals surface area contributed by atoms with Crippen LogP contribution < -0.4 is 9.64 Å². The van der Waals surface area contributed by atoms with Gasteiger partial charge in [-0.3, -0.25) is 14.3 Å². The van der Waals surface area contributed by atoms with Crippen LogP contribution in [0.15, 0.2) is 53.7 Å². The molecule has 0 spiro atoms. The van der Waals surface area contributed by atoms with Crippen molar-refractivity contribution in [1.82, 2.24) is 19.7 Å². The number of piperidine rings is 1. The smallest absolute Gasteiger partial charge is 0.237 e. The van der Waals surface area contributed by atoms with Gasteiger partial charge in [-0.25, -0.2) is 0 Å². The molecule has 0 bridgehead atoms. The summed E-state index contributed by atoms with van der Waals surface area (Å²) in [6, 6.07) is 16.2. The Kier molecular flexibility index (Phi) is 6.87. The maximum atomic E-state index is 13.1. The minimum absolute atomic E-state index is 0.102. The molecule has 3 heterocycles. The lowest BCUT2D eigenvalue weighted by molar-refractivity contribution is -0.116. The molecule has 0 radical (unpaired) electrons. The minimum Gasteiger partial charge on any atom is -0.497 e. The Morgan fingerprint density at radius 1 is 1.03 bits per heavy atom. The van der Waals surface area contributed by atoms with Gasteiger partial charge in [-0.15, -0.1) is 10.2 Å². The Labute approximate surface area is 205 Å². The molecule has 1 saturated heterocycles. The summed E-state index contributed by atoms with van der Waals surface area (Å²) in [5, 5.41) is 9.90. The lowest BCUT2D eigenvalue weighted by Crippen LogP contribution is -2.33. The molecule has 2 aromatic carbocycles. The van der Waals surface area contributed by atoms with Crippen molar-refractivity contribution in [3.05, 3.63) is 59.9 Å². The Morgan fingerprint density at radius 2 is 1.79 bits per heavy atom. The minimum atomic E-state index is 0.102. The van der Waals surface area contributed by atoms with Gasteiger partial charge >= 0.3 is 0 Å². The van der Waals surface area contributed by atoms with Crippen LogP contribution in [0.4, 0.5) is 5.69 Å². The number of likely N-dealkylation sites (tertiary alicyclic amines) is 1. The molecule has 2 aliphatic heterocycles. The number of hydrogen-bond acceptors (Lipinski definition) is 6. The fraction of sp³-hybridized carbons (Fsp3) is 0.423. The Morgan fingerprint density at radius 3 is 2.56 bits per heavy atom. The van der Waals surface area contributed by atoms with Gasteiger partial charge < -0.3 is 9.64 Å². The van der Waals surface area contributed by atoms with Gasteiger partial charge in [0, 0.05) is 17.9 Å². The van der Waals surface area contributed by atoms with Crippen molar-refractivity contribution in [1.29, 1.82) is 0 Å². The standard InChI is InChI=1S/C26H31N5O2S/c1-19(29-15-6-3-7-16-29)25-27-28-26(31(25)21-10-12-22(33-2)13-11-21)34-18-24(32)30-17-14-20-8-4-5-9-23(20)30/h4-5,8-13,19H,3,6-7,14-18H2,1-2H3/t19-/m0/s1. The molecule has 3 aromatic rings. The van der Waals surface area contributed by atoms with Gasteiger partial charge in [-0.1, -0.05) is 36.4 Å². The zero-order valence-electron chi connectivity index (χ0n) is 19.8. The number of fused-ring (bicyclic) bond motifs is 1. The summed E-state index contributed by atoms with van der Waals surface area (Å²) in [5.41, 5.74) is 3.25. The van der Waals surface area contributed by atoms with Gasteiger partial charge in [0.2, 0.25) is 5.91 Å². The van der Waals surface area contributed by atoms with E-state index in [1.54, 1.807) is 7.11 Å². The van der Waals surface area contributed by atoms with E-state index in [2.05, 4.69) is 32.7 Å². The van der Waals surface area contributed by atoms with Gasteiger partial charge in [-0.2, -0.15) is 0 Å². The predicted molar refractivity (Wildman–Crippen MR) is 135 cm³/mol. The van der Waals surface area contributed by atoms with Crippen LogP contribution in [0.5, 0.6) is 5.75 Å². The summed E-state index contributed by atoms with van der Waals surface area (Å²) in [6.07, 6.45) is 4.63. The SMILES string of the molecule is COc1ccc(-n2c(SCC(=O)N3CCc4ccccc43)nnc2[C@H](C)N2CCCCC2)cc1. The number of ether oxygens (including phenoxy) is 1. The second kappa shape index (κ2) is 10.2. The van der Waals surface area contributed by atoms with Crippen LogP contribution in [0, 0.1) is 0 Å². The third-order valence-corrected chi connectivity index (χ3v) is 7.73. The molecular weight excluding hydrogens is 446 g/mol. The normalized spacial score (nSPS) is 16.9. The lowest BCUT2D eigenvalue weighted by Gasteiger charge is -2.31. The van der Waals surface area contributed by atoms with E-state index in [0.29, 0.717) is 5.75 Å². The maximum Gasteiger partial charge on any atom is 0.237 e. The monoisotopic (exact) mass is 477 g/mol. The van der Waals surface area contributed by atoms with Crippen LogP contribution in [0.25, 0.3) is 5.69 Å². The Hall–Kier alpha value is -2.84. The average molecular weight is 478 g/mol. The van der Waals surface area contributed by atoms with E-state index >= 15 is 0 Å². The molecule has 0 N–H and O–H groups in total. The van der Waals surface area contributed by atoms with Crippen LogP contribution >= 0.6 is 11.8 Å². The molecule has 2 aliphatic rings. The molecule has 0 saturated carbocycles. The molecule has 5 rings (SSSR count). The molecule has 1 atom stereocenters. The van der Waals surface area contributed by atoms with Crippen molar-refractivity contribution in [3.63, 3.8) is 0 Å².